The first-order valence-electron chi connectivity index (χ1n) is 5.31. The van der Waals surface area contributed by atoms with Gasteiger partial charge in [0.05, 0.1) is 14.3 Å². The normalized spacial score (nSPS) is 14.5. The predicted molar refractivity (Wildman–Crippen MR) is 83.5 cm³/mol. The third-order valence-corrected chi connectivity index (χ3v) is 4.85. The first kappa shape index (κ1) is 20.9. The van der Waals surface area contributed by atoms with Crippen LogP contribution in [0.15, 0.2) is 12.1 Å². The lowest BCUT2D eigenvalue weighted by molar-refractivity contribution is -0.239. The van der Waals surface area contributed by atoms with Crippen LogP contribution in [0.1, 0.15) is 0 Å². The number of rotatable bonds is 5. The second-order valence-corrected chi connectivity index (χ2v) is 7.75. The topological polar surface area (TPSA) is 75.7 Å². The Balaban J connectivity index is 3.35. The third-order valence-electron chi connectivity index (χ3n) is 2.37. The van der Waals surface area contributed by atoms with Gasteiger partial charge in [-0.05, 0) is 57.3 Å². The van der Waals surface area contributed by atoms with Crippen molar-refractivity contribution in [3.63, 3.8) is 0 Å². The molecule has 0 aliphatic rings. The number of methoxy groups -OCH3 is 1. The van der Waals surface area contributed by atoms with Gasteiger partial charge in [-0.2, -0.15) is 22.0 Å². The Morgan fingerprint density at radius 2 is 1.57 bits per heavy atom. The van der Waals surface area contributed by atoms with Crippen LogP contribution in [-0.4, -0.2) is 37.6 Å². The summed E-state index contributed by atoms with van der Waals surface area (Å²) < 4.78 is 106. The molecule has 0 aliphatic heterocycles. The Morgan fingerprint density at radius 1 is 1.13 bits per heavy atom. The molecule has 5 nitrogen and oxygen atoms in total. The molecule has 1 rings (SSSR count). The second-order valence-electron chi connectivity index (χ2n) is 3.98. The fraction of sp³-hybridized carbons (Fsp3) is 0.400. The molecule has 0 radical (unpaired) electrons. The van der Waals surface area contributed by atoms with E-state index in [1.165, 1.54) is 7.11 Å². The van der Waals surface area contributed by atoms with Crippen LogP contribution in [0.3, 0.4) is 0 Å². The predicted octanol–water partition coefficient (Wildman–Crippen LogP) is 3.35. The van der Waals surface area contributed by atoms with Crippen molar-refractivity contribution < 1.29 is 44.4 Å². The Bertz CT molecular complexity index is 668. The van der Waals surface area contributed by atoms with Gasteiger partial charge in [-0.25, -0.2) is 8.42 Å². The van der Waals surface area contributed by atoms with E-state index < -0.39 is 33.4 Å². The highest BCUT2D eigenvalue weighted by Crippen LogP contribution is 2.40. The zero-order chi connectivity index (χ0) is 18.2. The largest absolute Gasteiger partial charge is 0.743 e. The quantitative estimate of drug-likeness (QED) is 0.301. The van der Waals surface area contributed by atoms with Gasteiger partial charge >= 0.3 is 11.4 Å². The number of alkyl halides is 5. The molecule has 0 spiro atoms. The maximum absolute atomic E-state index is 13.3. The molecule has 1 atom stereocenters. The molecule has 0 heterocycles. The maximum Gasteiger partial charge on any atom is 0.432 e. The average Bonchev–Trinajstić information content (AvgIpc) is 2.32. The first-order chi connectivity index (χ1) is 10.2. The Labute approximate surface area is 154 Å². The molecule has 0 saturated heterocycles. The minimum atomic E-state index is -6.59. The van der Waals surface area contributed by atoms with Gasteiger partial charge in [0, 0.05) is 0 Å². The molecule has 0 bridgehead atoms. The van der Waals surface area contributed by atoms with Gasteiger partial charge in [-0.1, -0.05) is 0 Å². The third kappa shape index (κ3) is 4.68. The molecule has 132 valence electrons. The monoisotopic (exact) mass is 587 g/mol. The number of benzene rings is 1. The van der Waals surface area contributed by atoms with Gasteiger partial charge in [-0.15, -0.1) is 0 Å². The molecule has 0 aliphatic carbocycles. The SMILES string of the molecule is COc1c(I)cc(OC(C(F)(F)F)C(F)(F)S(=O)(=O)[O-])cc1I. The highest BCUT2D eigenvalue weighted by molar-refractivity contribution is 14.1. The molecular formula is C10H6F5I2O5S-. The molecule has 0 N–H and O–H groups in total. The number of halogens is 7. The second kappa shape index (κ2) is 6.99. The van der Waals surface area contributed by atoms with Gasteiger partial charge in [-0.3, -0.25) is 0 Å². The number of hydrogen-bond donors (Lipinski definition) is 0. The number of hydrogen-bond acceptors (Lipinski definition) is 5. The van der Waals surface area contributed by atoms with Crippen molar-refractivity contribution in [2.24, 2.45) is 0 Å². The van der Waals surface area contributed by atoms with Gasteiger partial charge in [0.25, 0.3) is 6.10 Å². The lowest BCUT2D eigenvalue weighted by Gasteiger charge is -2.30. The summed E-state index contributed by atoms with van der Waals surface area (Å²) >= 11 is 3.32. The zero-order valence-electron chi connectivity index (χ0n) is 10.8. The van der Waals surface area contributed by atoms with E-state index in [-0.39, 0.29) is 12.9 Å². The van der Waals surface area contributed by atoms with Gasteiger partial charge < -0.3 is 14.0 Å². The summed E-state index contributed by atoms with van der Waals surface area (Å²) in [5.41, 5.74) is 0. The molecule has 0 saturated carbocycles. The summed E-state index contributed by atoms with van der Waals surface area (Å²) in [4.78, 5) is 0. The van der Waals surface area contributed by atoms with Crippen LogP contribution < -0.4 is 9.47 Å². The van der Waals surface area contributed by atoms with Crippen molar-refractivity contribution in [3.8, 4) is 11.5 Å². The average molecular weight is 587 g/mol. The number of ether oxygens (including phenoxy) is 2. The van der Waals surface area contributed by atoms with Gasteiger partial charge in [0.15, 0.2) is 10.1 Å². The molecule has 0 fully saturated rings. The van der Waals surface area contributed by atoms with Crippen molar-refractivity contribution >= 4 is 55.3 Å². The summed E-state index contributed by atoms with van der Waals surface area (Å²) in [5.74, 6) is -0.421. The van der Waals surface area contributed by atoms with Crippen LogP contribution in [0.2, 0.25) is 0 Å². The van der Waals surface area contributed by atoms with E-state index in [1.54, 1.807) is 45.2 Å². The Kier molecular flexibility index (Phi) is 6.35. The summed E-state index contributed by atoms with van der Waals surface area (Å²) in [6, 6.07) is 1.88. The van der Waals surface area contributed by atoms with Crippen LogP contribution >= 0.6 is 45.2 Å². The van der Waals surface area contributed by atoms with E-state index in [4.69, 9.17) is 4.74 Å². The van der Waals surface area contributed by atoms with E-state index in [9.17, 15) is 34.9 Å². The highest BCUT2D eigenvalue weighted by Gasteiger charge is 2.62. The minimum Gasteiger partial charge on any atom is -0.743 e. The molecule has 1 aromatic rings. The van der Waals surface area contributed by atoms with Crippen molar-refractivity contribution in [1.29, 1.82) is 0 Å². The van der Waals surface area contributed by atoms with Crippen molar-refractivity contribution in [3.05, 3.63) is 19.3 Å². The fourth-order valence-electron chi connectivity index (χ4n) is 1.39. The Morgan fingerprint density at radius 3 is 1.87 bits per heavy atom. The van der Waals surface area contributed by atoms with E-state index in [1.807, 2.05) is 0 Å². The van der Waals surface area contributed by atoms with E-state index >= 15 is 0 Å². The summed E-state index contributed by atoms with van der Waals surface area (Å²) in [7, 11) is -5.31. The molecule has 13 heteroatoms. The maximum atomic E-state index is 13.3. The van der Waals surface area contributed by atoms with Crippen LogP contribution in [0.5, 0.6) is 11.5 Å². The lowest BCUT2D eigenvalue weighted by Crippen LogP contribution is -2.53. The smallest absolute Gasteiger partial charge is 0.432 e. The molecule has 1 aromatic carbocycles. The van der Waals surface area contributed by atoms with Gasteiger partial charge in [0.2, 0.25) is 0 Å². The lowest BCUT2D eigenvalue weighted by atomic mass is 10.3. The van der Waals surface area contributed by atoms with Crippen LogP contribution in [-0.2, 0) is 10.1 Å². The molecular weight excluding hydrogens is 581 g/mol. The van der Waals surface area contributed by atoms with E-state index in [0.29, 0.717) is 0 Å². The highest BCUT2D eigenvalue weighted by atomic mass is 127. The van der Waals surface area contributed by atoms with E-state index in [2.05, 4.69) is 4.74 Å². The molecule has 23 heavy (non-hydrogen) atoms. The molecule has 0 aromatic heterocycles. The fourth-order valence-corrected chi connectivity index (χ4v) is 3.99. The van der Waals surface area contributed by atoms with E-state index in [0.717, 1.165) is 12.1 Å². The molecule has 0 amide bonds. The molecule has 1 unspecified atom stereocenters. The zero-order valence-corrected chi connectivity index (χ0v) is 16.0. The van der Waals surface area contributed by atoms with Crippen LogP contribution in [0.25, 0.3) is 0 Å². The van der Waals surface area contributed by atoms with Crippen molar-refractivity contribution in [2.75, 3.05) is 7.11 Å². The summed E-state index contributed by atoms with van der Waals surface area (Å²) in [5, 5.41) is -5.69. The van der Waals surface area contributed by atoms with Crippen LogP contribution in [0.4, 0.5) is 22.0 Å². The standard InChI is InChI=1S/C10H7F5I2O5S/c1-21-7-5(16)2-4(3-6(7)17)22-8(9(11,12)13)10(14,15)23(18,19)20/h2-3,8H,1H3,(H,18,19,20)/p-1. The van der Waals surface area contributed by atoms with Crippen molar-refractivity contribution in [1.82, 2.24) is 0 Å². The Hall–Kier alpha value is -0.160. The van der Waals surface area contributed by atoms with Gasteiger partial charge in [0.1, 0.15) is 11.5 Å². The van der Waals surface area contributed by atoms with Crippen LogP contribution in [0, 0.1) is 7.14 Å². The van der Waals surface area contributed by atoms with Crippen molar-refractivity contribution in [2.45, 2.75) is 17.5 Å². The summed E-state index contributed by atoms with van der Waals surface area (Å²) in [6.45, 7) is 0. The summed E-state index contributed by atoms with van der Waals surface area (Å²) in [6.07, 6.45) is -9.94. The first-order valence-corrected chi connectivity index (χ1v) is 8.88. The minimum absolute atomic E-state index is 0.237.